The molecule has 1 heterocycles. The molecule has 0 aliphatic heterocycles. The van der Waals surface area contributed by atoms with E-state index in [1.165, 1.54) is 0 Å². The lowest BCUT2D eigenvalue weighted by molar-refractivity contribution is -0.142. The van der Waals surface area contributed by atoms with E-state index < -0.39 is 12.4 Å². The number of nitrogens with zero attached hydrogens (tertiary/aromatic N) is 1. The van der Waals surface area contributed by atoms with Crippen LogP contribution in [-0.4, -0.2) is 17.6 Å². The van der Waals surface area contributed by atoms with E-state index in [9.17, 15) is 13.6 Å². The highest BCUT2D eigenvalue weighted by molar-refractivity contribution is 9.10. The quantitative estimate of drug-likeness (QED) is 0.633. The first-order valence-electron chi connectivity index (χ1n) is 5.05. The molecule has 0 fully saturated rings. The van der Waals surface area contributed by atoms with Crippen LogP contribution in [0.5, 0.6) is 0 Å². The normalized spacial score (nSPS) is 10.7. The van der Waals surface area contributed by atoms with Crippen LogP contribution in [0.1, 0.15) is 30.0 Å². The molecule has 0 N–H and O–H groups in total. The lowest BCUT2D eigenvalue weighted by Crippen LogP contribution is -2.11. The highest BCUT2D eigenvalue weighted by Gasteiger charge is 2.20. The molecule has 0 spiro atoms. The molecule has 0 aromatic carbocycles. The zero-order valence-corrected chi connectivity index (χ0v) is 11.1. The molecule has 0 amide bonds. The smallest absolute Gasteiger partial charge is 0.310 e. The van der Waals surface area contributed by atoms with E-state index >= 15 is 0 Å². The molecule has 3 nitrogen and oxygen atoms in total. The van der Waals surface area contributed by atoms with Gasteiger partial charge in [-0.15, -0.1) is 0 Å². The Balaban J connectivity index is 3.10. The van der Waals surface area contributed by atoms with Crippen molar-refractivity contribution >= 4 is 21.9 Å². The fraction of sp³-hybridized carbons (Fsp3) is 0.455. The van der Waals surface area contributed by atoms with Crippen molar-refractivity contribution in [3.05, 3.63) is 27.5 Å². The average Bonchev–Trinajstić information content (AvgIpc) is 2.25. The number of carbonyl (C=O) groups is 1. The summed E-state index contributed by atoms with van der Waals surface area (Å²) in [4.78, 5) is 15.1. The molecule has 0 radical (unpaired) electrons. The van der Waals surface area contributed by atoms with E-state index in [1.54, 1.807) is 13.8 Å². The van der Waals surface area contributed by atoms with Crippen LogP contribution in [0, 0.1) is 6.92 Å². The number of hydrogen-bond donors (Lipinski definition) is 0. The Morgan fingerprint density at radius 2 is 2.24 bits per heavy atom. The Kier molecular flexibility index (Phi) is 4.99. The highest BCUT2D eigenvalue weighted by Crippen LogP contribution is 2.28. The summed E-state index contributed by atoms with van der Waals surface area (Å²) in [5.41, 5.74) is 0.593. The molecule has 0 bridgehead atoms. The van der Waals surface area contributed by atoms with Gasteiger partial charge in [-0.3, -0.25) is 4.79 Å². The summed E-state index contributed by atoms with van der Waals surface area (Å²) in [6.07, 6.45) is -1.74. The molecule has 6 heteroatoms. The van der Waals surface area contributed by atoms with Gasteiger partial charge in [0, 0.05) is 11.8 Å². The number of ether oxygens (including phenoxy) is 1. The molecular weight excluding hydrogens is 296 g/mol. The third-order valence-corrected chi connectivity index (χ3v) is 3.09. The van der Waals surface area contributed by atoms with Crippen molar-refractivity contribution in [2.45, 2.75) is 26.7 Å². The van der Waals surface area contributed by atoms with Crippen molar-refractivity contribution in [2.75, 3.05) is 6.61 Å². The summed E-state index contributed by atoms with van der Waals surface area (Å²) in [7, 11) is 0. The van der Waals surface area contributed by atoms with Crippen molar-refractivity contribution in [3.63, 3.8) is 0 Å². The number of rotatable bonds is 4. The van der Waals surface area contributed by atoms with Gasteiger partial charge in [-0.05, 0) is 40.9 Å². The summed E-state index contributed by atoms with van der Waals surface area (Å²) >= 11 is 3.15. The molecule has 17 heavy (non-hydrogen) atoms. The molecule has 1 rings (SSSR count). The monoisotopic (exact) mass is 307 g/mol. The maximum absolute atomic E-state index is 12.8. The van der Waals surface area contributed by atoms with Gasteiger partial charge in [-0.1, -0.05) is 0 Å². The SMILES string of the molecule is CCOC(=O)Cc1c(C(F)F)cnc(Br)c1C. The Hall–Kier alpha value is -1.04. The number of carbonyl (C=O) groups excluding carboxylic acids is 1. The largest absolute Gasteiger partial charge is 0.466 e. The van der Waals surface area contributed by atoms with Gasteiger partial charge in [0.2, 0.25) is 0 Å². The molecule has 0 atom stereocenters. The van der Waals surface area contributed by atoms with Gasteiger partial charge >= 0.3 is 5.97 Å². The van der Waals surface area contributed by atoms with Gasteiger partial charge in [0.15, 0.2) is 0 Å². The van der Waals surface area contributed by atoms with Crippen LogP contribution >= 0.6 is 15.9 Å². The standard InChI is InChI=1S/C11H12BrF2NO2/c1-3-17-9(16)4-7-6(2)10(12)15-5-8(7)11(13)14/h5,11H,3-4H2,1-2H3. The number of aromatic nitrogens is 1. The van der Waals surface area contributed by atoms with Crippen LogP contribution in [0.2, 0.25) is 0 Å². The van der Waals surface area contributed by atoms with Crippen LogP contribution < -0.4 is 0 Å². The summed E-state index contributed by atoms with van der Waals surface area (Å²) in [5.74, 6) is -0.518. The predicted molar refractivity (Wildman–Crippen MR) is 62.0 cm³/mol. The van der Waals surface area contributed by atoms with Crippen molar-refractivity contribution in [1.82, 2.24) is 4.98 Å². The first kappa shape index (κ1) is 14.0. The highest BCUT2D eigenvalue weighted by atomic mass is 79.9. The third-order valence-electron chi connectivity index (χ3n) is 2.29. The Morgan fingerprint density at radius 1 is 1.59 bits per heavy atom. The van der Waals surface area contributed by atoms with Gasteiger partial charge in [-0.2, -0.15) is 0 Å². The summed E-state index contributed by atoms with van der Waals surface area (Å²) < 4.78 is 30.8. The molecule has 0 unspecified atom stereocenters. The summed E-state index contributed by atoms with van der Waals surface area (Å²) in [5, 5.41) is 0. The van der Waals surface area contributed by atoms with Crippen molar-refractivity contribution < 1.29 is 18.3 Å². The molecule has 0 aliphatic rings. The van der Waals surface area contributed by atoms with Crippen molar-refractivity contribution in [3.8, 4) is 0 Å². The average molecular weight is 308 g/mol. The molecule has 1 aromatic heterocycles. The Labute approximate surface area is 106 Å². The molecule has 94 valence electrons. The van der Waals surface area contributed by atoms with Gasteiger partial charge in [0.1, 0.15) is 4.60 Å². The number of esters is 1. The van der Waals surface area contributed by atoms with Crippen LogP contribution in [0.15, 0.2) is 10.8 Å². The summed E-state index contributed by atoms with van der Waals surface area (Å²) in [6, 6.07) is 0. The Bertz CT molecular complexity index is 424. The second kappa shape index (κ2) is 6.05. The van der Waals surface area contributed by atoms with E-state index in [-0.39, 0.29) is 24.2 Å². The van der Waals surface area contributed by atoms with Crippen molar-refractivity contribution in [2.24, 2.45) is 0 Å². The van der Waals surface area contributed by atoms with E-state index in [4.69, 9.17) is 4.74 Å². The number of hydrogen-bond acceptors (Lipinski definition) is 3. The zero-order chi connectivity index (χ0) is 13.0. The second-order valence-electron chi connectivity index (χ2n) is 3.39. The number of alkyl halides is 2. The second-order valence-corrected chi connectivity index (χ2v) is 4.14. The minimum Gasteiger partial charge on any atom is -0.466 e. The maximum atomic E-state index is 12.8. The maximum Gasteiger partial charge on any atom is 0.310 e. The van der Waals surface area contributed by atoms with E-state index in [2.05, 4.69) is 20.9 Å². The van der Waals surface area contributed by atoms with E-state index in [0.29, 0.717) is 10.2 Å². The Morgan fingerprint density at radius 3 is 2.76 bits per heavy atom. The van der Waals surface area contributed by atoms with Crippen LogP contribution in [-0.2, 0) is 16.0 Å². The van der Waals surface area contributed by atoms with E-state index in [1.807, 2.05) is 0 Å². The molecule has 1 aromatic rings. The fourth-order valence-corrected chi connectivity index (χ4v) is 1.76. The predicted octanol–water partition coefficient (Wildman–Crippen LogP) is 3.20. The zero-order valence-electron chi connectivity index (χ0n) is 9.47. The minimum absolute atomic E-state index is 0.166. The topological polar surface area (TPSA) is 39.2 Å². The minimum atomic E-state index is -2.65. The van der Waals surface area contributed by atoms with Crippen LogP contribution in [0.4, 0.5) is 8.78 Å². The summed E-state index contributed by atoms with van der Waals surface area (Å²) in [6.45, 7) is 3.53. The van der Waals surface area contributed by atoms with E-state index in [0.717, 1.165) is 6.20 Å². The lowest BCUT2D eigenvalue weighted by atomic mass is 10.0. The van der Waals surface area contributed by atoms with Crippen LogP contribution in [0.25, 0.3) is 0 Å². The number of halogens is 3. The molecule has 0 aliphatic carbocycles. The molecule has 0 saturated heterocycles. The van der Waals surface area contributed by atoms with Gasteiger partial charge in [0.05, 0.1) is 13.0 Å². The molecule has 0 saturated carbocycles. The van der Waals surface area contributed by atoms with Gasteiger partial charge in [-0.25, -0.2) is 13.8 Å². The van der Waals surface area contributed by atoms with Gasteiger partial charge < -0.3 is 4.74 Å². The first-order chi connectivity index (χ1) is 7.97. The fourth-order valence-electron chi connectivity index (χ4n) is 1.42. The third kappa shape index (κ3) is 3.46. The van der Waals surface area contributed by atoms with Crippen LogP contribution in [0.3, 0.4) is 0 Å². The first-order valence-corrected chi connectivity index (χ1v) is 5.84. The number of pyridine rings is 1. The van der Waals surface area contributed by atoms with Gasteiger partial charge in [0.25, 0.3) is 6.43 Å². The lowest BCUT2D eigenvalue weighted by Gasteiger charge is -2.12. The van der Waals surface area contributed by atoms with Crippen molar-refractivity contribution in [1.29, 1.82) is 0 Å². The molecular formula is C11H12BrF2NO2.